The van der Waals surface area contributed by atoms with Crippen LogP contribution in [0.3, 0.4) is 0 Å². The van der Waals surface area contributed by atoms with Crippen LogP contribution in [0.2, 0.25) is 0 Å². The van der Waals surface area contributed by atoms with Crippen molar-refractivity contribution in [2.24, 2.45) is 11.7 Å². The molecule has 2 aromatic rings. The van der Waals surface area contributed by atoms with E-state index in [0.29, 0.717) is 17.3 Å². The lowest BCUT2D eigenvalue weighted by Crippen LogP contribution is -2.45. The van der Waals surface area contributed by atoms with Gasteiger partial charge in [0.2, 0.25) is 0 Å². The molecule has 1 aliphatic rings. The number of hydrogen-bond donors (Lipinski definition) is 1. The highest BCUT2D eigenvalue weighted by molar-refractivity contribution is 5.94. The third-order valence-electron chi connectivity index (χ3n) is 4.25. The lowest BCUT2D eigenvalue weighted by Gasteiger charge is -2.34. The third kappa shape index (κ3) is 3.01. The second-order valence-electron chi connectivity index (χ2n) is 5.89. The molecule has 6 nitrogen and oxygen atoms in total. The molecule has 2 atom stereocenters. The Labute approximate surface area is 130 Å². The number of amides is 1. The molecular weight excluding hydrogens is 278 g/mol. The highest BCUT2D eigenvalue weighted by Gasteiger charge is 2.26. The fourth-order valence-electron chi connectivity index (χ4n) is 2.89. The summed E-state index contributed by atoms with van der Waals surface area (Å²) in [6.07, 6.45) is 8.94. The molecular formula is C16H21N5O. The molecule has 3 rings (SSSR count). The maximum atomic E-state index is 12.7. The molecule has 3 heterocycles. The molecule has 0 aromatic carbocycles. The largest absolute Gasteiger partial charge is 0.338 e. The topological polar surface area (TPSA) is 77.0 Å². The Hall–Kier alpha value is -2.21. The van der Waals surface area contributed by atoms with Crippen molar-refractivity contribution in [1.29, 1.82) is 0 Å². The van der Waals surface area contributed by atoms with Crippen LogP contribution >= 0.6 is 0 Å². The van der Waals surface area contributed by atoms with Crippen molar-refractivity contribution >= 4 is 5.91 Å². The zero-order valence-corrected chi connectivity index (χ0v) is 12.7. The summed E-state index contributed by atoms with van der Waals surface area (Å²) in [4.78, 5) is 22.9. The lowest BCUT2D eigenvalue weighted by atomic mass is 9.92. The van der Waals surface area contributed by atoms with Gasteiger partial charge in [0.05, 0.1) is 0 Å². The summed E-state index contributed by atoms with van der Waals surface area (Å²) in [5, 5.41) is 0. The SMILES string of the molecule is C[C@@H](N)[C@@H]1CCCN(C(=O)c2ccnc(-n3ccnc3)c2)C1. The van der Waals surface area contributed by atoms with Gasteiger partial charge in [0.1, 0.15) is 12.1 Å². The second-order valence-corrected chi connectivity index (χ2v) is 5.89. The van der Waals surface area contributed by atoms with Gasteiger partial charge in [0.25, 0.3) is 5.91 Å². The van der Waals surface area contributed by atoms with E-state index in [-0.39, 0.29) is 11.9 Å². The molecule has 6 heteroatoms. The van der Waals surface area contributed by atoms with Crippen LogP contribution in [0, 0.1) is 5.92 Å². The van der Waals surface area contributed by atoms with E-state index in [1.165, 1.54) is 0 Å². The first-order valence-corrected chi connectivity index (χ1v) is 7.64. The highest BCUT2D eigenvalue weighted by Crippen LogP contribution is 2.21. The summed E-state index contributed by atoms with van der Waals surface area (Å²) in [5.74, 6) is 1.13. The van der Waals surface area contributed by atoms with Crippen LogP contribution in [0.25, 0.3) is 5.82 Å². The van der Waals surface area contributed by atoms with Gasteiger partial charge < -0.3 is 10.6 Å². The number of pyridine rings is 1. The van der Waals surface area contributed by atoms with Crippen molar-refractivity contribution in [3.63, 3.8) is 0 Å². The zero-order valence-electron chi connectivity index (χ0n) is 12.7. The van der Waals surface area contributed by atoms with Crippen LogP contribution in [0.5, 0.6) is 0 Å². The molecule has 0 spiro atoms. The lowest BCUT2D eigenvalue weighted by molar-refractivity contribution is 0.0661. The van der Waals surface area contributed by atoms with Gasteiger partial charge >= 0.3 is 0 Å². The molecule has 1 amide bonds. The van der Waals surface area contributed by atoms with E-state index in [0.717, 1.165) is 25.9 Å². The van der Waals surface area contributed by atoms with Crippen molar-refractivity contribution < 1.29 is 4.79 Å². The summed E-state index contributed by atoms with van der Waals surface area (Å²) >= 11 is 0. The van der Waals surface area contributed by atoms with Gasteiger partial charge in [-0.15, -0.1) is 0 Å². The van der Waals surface area contributed by atoms with E-state index in [2.05, 4.69) is 9.97 Å². The third-order valence-corrected chi connectivity index (χ3v) is 4.25. The van der Waals surface area contributed by atoms with Crippen molar-refractivity contribution in [3.05, 3.63) is 42.6 Å². The first-order chi connectivity index (χ1) is 10.6. The number of nitrogens with zero attached hydrogens (tertiary/aromatic N) is 4. The smallest absolute Gasteiger partial charge is 0.254 e. The summed E-state index contributed by atoms with van der Waals surface area (Å²) in [6.45, 7) is 3.55. The summed E-state index contributed by atoms with van der Waals surface area (Å²) in [7, 11) is 0. The number of carbonyl (C=O) groups excluding carboxylic acids is 1. The Morgan fingerprint density at radius 2 is 2.32 bits per heavy atom. The van der Waals surface area contributed by atoms with Crippen molar-refractivity contribution in [2.45, 2.75) is 25.8 Å². The standard InChI is InChI=1S/C16H21N5O/c1-12(17)14-3-2-7-20(10-14)16(22)13-4-5-19-15(9-13)21-8-6-18-11-21/h4-6,8-9,11-12,14H,2-3,7,10,17H2,1H3/t12-,14-/m1/s1. The quantitative estimate of drug-likeness (QED) is 0.931. The summed E-state index contributed by atoms with van der Waals surface area (Å²) in [6, 6.07) is 3.69. The maximum Gasteiger partial charge on any atom is 0.254 e. The normalized spacial score (nSPS) is 19.9. The number of carbonyl (C=O) groups is 1. The minimum atomic E-state index is 0.0501. The van der Waals surface area contributed by atoms with Crippen LogP contribution in [0.15, 0.2) is 37.1 Å². The monoisotopic (exact) mass is 299 g/mol. The average molecular weight is 299 g/mol. The van der Waals surface area contributed by atoms with Gasteiger partial charge in [-0.2, -0.15) is 0 Å². The van der Waals surface area contributed by atoms with Crippen molar-refractivity contribution in [2.75, 3.05) is 13.1 Å². The van der Waals surface area contributed by atoms with E-state index in [9.17, 15) is 4.79 Å². The molecule has 0 saturated carbocycles. The molecule has 1 aliphatic heterocycles. The molecule has 1 saturated heterocycles. The van der Waals surface area contributed by atoms with Crippen LogP contribution < -0.4 is 5.73 Å². The Kier molecular flexibility index (Phi) is 4.20. The molecule has 2 aromatic heterocycles. The summed E-state index contributed by atoms with van der Waals surface area (Å²) in [5.41, 5.74) is 6.65. The Morgan fingerprint density at radius 1 is 1.45 bits per heavy atom. The number of aromatic nitrogens is 3. The Balaban J connectivity index is 1.79. The number of nitrogens with two attached hydrogens (primary N) is 1. The number of imidazole rings is 1. The van der Waals surface area contributed by atoms with E-state index >= 15 is 0 Å². The highest BCUT2D eigenvalue weighted by atomic mass is 16.2. The Bertz CT molecular complexity index is 638. The van der Waals surface area contributed by atoms with Gasteiger partial charge in [0, 0.05) is 43.3 Å². The number of hydrogen-bond acceptors (Lipinski definition) is 4. The first-order valence-electron chi connectivity index (χ1n) is 7.64. The molecule has 22 heavy (non-hydrogen) atoms. The fourth-order valence-corrected chi connectivity index (χ4v) is 2.89. The second kappa shape index (κ2) is 6.27. The number of likely N-dealkylation sites (tertiary alicyclic amines) is 1. The van der Waals surface area contributed by atoms with Crippen molar-refractivity contribution in [1.82, 2.24) is 19.4 Å². The van der Waals surface area contributed by atoms with Crippen molar-refractivity contribution in [3.8, 4) is 5.82 Å². The number of piperidine rings is 1. The van der Waals surface area contributed by atoms with Crippen LogP contribution in [0.4, 0.5) is 0 Å². The predicted octanol–water partition coefficient (Wildman–Crippen LogP) is 1.47. The summed E-state index contributed by atoms with van der Waals surface area (Å²) < 4.78 is 1.79. The minimum Gasteiger partial charge on any atom is -0.338 e. The molecule has 116 valence electrons. The van der Waals surface area contributed by atoms with Crippen LogP contribution in [-0.2, 0) is 0 Å². The number of rotatable bonds is 3. The maximum absolute atomic E-state index is 12.7. The first kappa shape index (κ1) is 14.7. The van der Waals surface area contributed by atoms with Crippen LogP contribution in [0.1, 0.15) is 30.1 Å². The van der Waals surface area contributed by atoms with E-state index in [1.807, 2.05) is 18.0 Å². The molecule has 1 fully saturated rings. The van der Waals surface area contributed by atoms with Gasteiger partial charge in [-0.25, -0.2) is 9.97 Å². The predicted molar refractivity (Wildman–Crippen MR) is 83.6 cm³/mol. The van der Waals surface area contributed by atoms with E-state index in [1.54, 1.807) is 35.4 Å². The Morgan fingerprint density at radius 3 is 3.05 bits per heavy atom. The van der Waals surface area contributed by atoms with Gasteiger partial charge in [-0.05, 0) is 37.8 Å². The fraction of sp³-hybridized carbons (Fsp3) is 0.438. The van der Waals surface area contributed by atoms with E-state index in [4.69, 9.17) is 5.73 Å². The molecule has 0 unspecified atom stereocenters. The zero-order chi connectivity index (χ0) is 15.5. The molecule has 0 radical (unpaired) electrons. The minimum absolute atomic E-state index is 0.0501. The van der Waals surface area contributed by atoms with Gasteiger partial charge in [-0.1, -0.05) is 0 Å². The van der Waals surface area contributed by atoms with Crippen LogP contribution in [-0.4, -0.2) is 44.5 Å². The van der Waals surface area contributed by atoms with Gasteiger partial charge in [-0.3, -0.25) is 9.36 Å². The molecule has 0 aliphatic carbocycles. The molecule has 2 N–H and O–H groups in total. The average Bonchev–Trinajstić information content (AvgIpc) is 3.09. The van der Waals surface area contributed by atoms with E-state index < -0.39 is 0 Å². The van der Waals surface area contributed by atoms with Gasteiger partial charge in [0.15, 0.2) is 0 Å². The molecule has 0 bridgehead atoms.